The van der Waals surface area contributed by atoms with Gasteiger partial charge in [0.2, 0.25) is 0 Å². The normalized spacial score (nSPS) is 10.3. The molecule has 0 amide bonds. The molecule has 0 aliphatic carbocycles. The van der Waals surface area contributed by atoms with E-state index in [-0.39, 0.29) is 0 Å². The number of aryl methyl sites for hydroxylation is 1. The average Bonchev–Trinajstić information content (AvgIpc) is 2.57. The van der Waals surface area contributed by atoms with Crippen molar-refractivity contribution in [2.75, 3.05) is 12.8 Å². The van der Waals surface area contributed by atoms with Crippen LogP contribution in [0.4, 0.5) is 5.00 Å². The Kier molecular flexibility index (Phi) is 2.64. The van der Waals surface area contributed by atoms with Crippen molar-refractivity contribution >= 4 is 16.3 Å². The van der Waals surface area contributed by atoms with Crippen molar-refractivity contribution in [1.82, 2.24) is 0 Å². The first-order chi connectivity index (χ1) is 7.22. The van der Waals surface area contributed by atoms with Crippen LogP contribution in [0.3, 0.4) is 0 Å². The third-order valence-electron chi connectivity index (χ3n) is 2.33. The van der Waals surface area contributed by atoms with Gasteiger partial charge < -0.3 is 10.5 Å². The van der Waals surface area contributed by atoms with E-state index in [0.29, 0.717) is 0 Å². The minimum absolute atomic E-state index is 0.841. The molecule has 2 aromatic rings. The van der Waals surface area contributed by atoms with Crippen LogP contribution in [0.2, 0.25) is 0 Å². The van der Waals surface area contributed by atoms with Crippen LogP contribution < -0.4 is 10.5 Å². The molecule has 2 nitrogen and oxygen atoms in total. The van der Waals surface area contributed by atoms with Gasteiger partial charge in [0, 0.05) is 16.0 Å². The van der Waals surface area contributed by atoms with E-state index in [1.807, 2.05) is 30.3 Å². The summed E-state index contributed by atoms with van der Waals surface area (Å²) in [5.74, 6) is 0.887. The number of para-hydroxylation sites is 1. The van der Waals surface area contributed by atoms with Gasteiger partial charge in [0.15, 0.2) is 0 Å². The fraction of sp³-hybridized carbons (Fsp3) is 0.167. The Hall–Kier alpha value is -1.48. The Morgan fingerprint density at radius 1 is 1.20 bits per heavy atom. The highest BCUT2D eigenvalue weighted by molar-refractivity contribution is 7.16. The number of ether oxygens (including phenoxy) is 1. The molecule has 0 unspecified atom stereocenters. The topological polar surface area (TPSA) is 35.2 Å². The summed E-state index contributed by atoms with van der Waals surface area (Å²) < 4.78 is 5.33. The summed E-state index contributed by atoms with van der Waals surface area (Å²) in [6, 6.07) is 9.98. The summed E-state index contributed by atoms with van der Waals surface area (Å²) in [6.07, 6.45) is 0. The van der Waals surface area contributed by atoms with Crippen LogP contribution in [-0.2, 0) is 0 Å². The van der Waals surface area contributed by atoms with Gasteiger partial charge in [0.1, 0.15) is 5.75 Å². The summed E-state index contributed by atoms with van der Waals surface area (Å²) >= 11 is 1.61. The summed E-state index contributed by atoms with van der Waals surface area (Å²) in [7, 11) is 1.68. The molecule has 78 valence electrons. The predicted octanol–water partition coefficient (Wildman–Crippen LogP) is 3.31. The van der Waals surface area contributed by atoms with Crippen LogP contribution in [0.1, 0.15) is 4.88 Å². The second-order valence-corrected chi connectivity index (χ2v) is 4.61. The Morgan fingerprint density at radius 3 is 2.53 bits per heavy atom. The van der Waals surface area contributed by atoms with Gasteiger partial charge in [0.05, 0.1) is 12.1 Å². The van der Waals surface area contributed by atoms with Gasteiger partial charge in [-0.15, -0.1) is 11.3 Å². The van der Waals surface area contributed by atoms with Crippen molar-refractivity contribution in [2.24, 2.45) is 0 Å². The Labute approximate surface area is 93.3 Å². The molecule has 0 fully saturated rings. The van der Waals surface area contributed by atoms with E-state index in [4.69, 9.17) is 10.5 Å². The Balaban J connectivity index is 2.58. The zero-order chi connectivity index (χ0) is 10.8. The number of anilines is 1. The lowest BCUT2D eigenvalue weighted by molar-refractivity contribution is 0.416. The van der Waals surface area contributed by atoms with E-state index in [1.165, 1.54) is 4.88 Å². The van der Waals surface area contributed by atoms with E-state index in [9.17, 15) is 0 Å². The smallest absolute Gasteiger partial charge is 0.126 e. The fourth-order valence-electron chi connectivity index (χ4n) is 1.64. The summed E-state index contributed by atoms with van der Waals surface area (Å²) in [4.78, 5) is 1.22. The van der Waals surface area contributed by atoms with Crippen LogP contribution in [0, 0.1) is 6.92 Å². The molecule has 1 aromatic carbocycles. The summed E-state index contributed by atoms with van der Waals surface area (Å²) in [5.41, 5.74) is 8.05. The molecule has 0 radical (unpaired) electrons. The molecular weight excluding hydrogens is 206 g/mol. The van der Waals surface area contributed by atoms with Gasteiger partial charge in [0.25, 0.3) is 0 Å². The maximum atomic E-state index is 5.79. The SMILES string of the molecule is COc1ccccc1-c1cc(N)sc1C. The number of hydrogen-bond acceptors (Lipinski definition) is 3. The zero-order valence-electron chi connectivity index (χ0n) is 8.78. The van der Waals surface area contributed by atoms with E-state index in [0.717, 1.165) is 21.9 Å². The molecule has 1 heterocycles. The zero-order valence-corrected chi connectivity index (χ0v) is 9.60. The molecule has 15 heavy (non-hydrogen) atoms. The van der Waals surface area contributed by atoms with E-state index < -0.39 is 0 Å². The number of rotatable bonds is 2. The van der Waals surface area contributed by atoms with Gasteiger partial charge >= 0.3 is 0 Å². The monoisotopic (exact) mass is 219 g/mol. The Morgan fingerprint density at radius 2 is 1.93 bits per heavy atom. The van der Waals surface area contributed by atoms with Crippen molar-refractivity contribution in [2.45, 2.75) is 6.92 Å². The van der Waals surface area contributed by atoms with E-state index in [1.54, 1.807) is 18.4 Å². The molecule has 0 aliphatic rings. The summed E-state index contributed by atoms with van der Waals surface area (Å²) in [6.45, 7) is 2.07. The number of methoxy groups -OCH3 is 1. The molecule has 0 atom stereocenters. The molecule has 2 N–H and O–H groups in total. The number of nitrogens with two attached hydrogens (primary N) is 1. The van der Waals surface area contributed by atoms with Crippen LogP contribution in [-0.4, -0.2) is 7.11 Å². The molecule has 3 heteroatoms. The summed E-state index contributed by atoms with van der Waals surface area (Å²) in [5, 5.41) is 0.841. The minimum Gasteiger partial charge on any atom is -0.496 e. The minimum atomic E-state index is 0.841. The number of thiophene rings is 1. The third-order valence-corrected chi connectivity index (χ3v) is 3.21. The first-order valence-electron chi connectivity index (χ1n) is 4.71. The highest BCUT2D eigenvalue weighted by Gasteiger charge is 2.09. The van der Waals surface area contributed by atoms with Gasteiger partial charge in [-0.25, -0.2) is 0 Å². The highest BCUT2D eigenvalue weighted by Crippen LogP contribution is 2.37. The lowest BCUT2D eigenvalue weighted by atomic mass is 10.1. The average molecular weight is 219 g/mol. The molecule has 0 aliphatic heterocycles. The number of nitrogen functional groups attached to an aromatic ring is 1. The number of benzene rings is 1. The van der Waals surface area contributed by atoms with Crippen LogP contribution in [0.15, 0.2) is 30.3 Å². The van der Waals surface area contributed by atoms with Crippen molar-refractivity contribution in [3.8, 4) is 16.9 Å². The van der Waals surface area contributed by atoms with E-state index in [2.05, 4.69) is 6.92 Å². The van der Waals surface area contributed by atoms with Gasteiger partial charge in [-0.3, -0.25) is 0 Å². The first kappa shape index (κ1) is 10.1. The molecule has 1 aromatic heterocycles. The van der Waals surface area contributed by atoms with Crippen LogP contribution >= 0.6 is 11.3 Å². The van der Waals surface area contributed by atoms with E-state index >= 15 is 0 Å². The maximum Gasteiger partial charge on any atom is 0.126 e. The fourth-order valence-corrected chi connectivity index (χ4v) is 2.45. The molecule has 0 saturated heterocycles. The maximum absolute atomic E-state index is 5.79. The van der Waals surface area contributed by atoms with Crippen molar-refractivity contribution in [3.05, 3.63) is 35.2 Å². The van der Waals surface area contributed by atoms with Crippen LogP contribution in [0.5, 0.6) is 5.75 Å². The molecular formula is C12H13NOS. The van der Waals surface area contributed by atoms with Crippen LogP contribution in [0.25, 0.3) is 11.1 Å². The predicted molar refractivity (Wildman–Crippen MR) is 65.5 cm³/mol. The van der Waals surface area contributed by atoms with Crippen molar-refractivity contribution in [3.63, 3.8) is 0 Å². The standard InChI is InChI=1S/C12H13NOS/c1-8-10(7-12(13)15-8)9-5-3-4-6-11(9)14-2/h3-7H,13H2,1-2H3. The van der Waals surface area contributed by atoms with Gasteiger partial charge in [-0.1, -0.05) is 18.2 Å². The molecule has 0 spiro atoms. The lowest BCUT2D eigenvalue weighted by Crippen LogP contribution is -1.86. The Bertz CT molecular complexity index is 476. The van der Waals surface area contributed by atoms with Crippen molar-refractivity contribution in [1.29, 1.82) is 0 Å². The number of hydrogen-bond donors (Lipinski definition) is 1. The lowest BCUT2D eigenvalue weighted by Gasteiger charge is -2.07. The van der Waals surface area contributed by atoms with Crippen molar-refractivity contribution < 1.29 is 4.74 Å². The molecule has 0 saturated carbocycles. The molecule has 0 bridgehead atoms. The van der Waals surface area contributed by atoms with Gasteiger partial charge in [-0.05, 0) is 19.1 Å². The highest BCUT2D eigenvalue weighted by atomic mass is 32.1. The molecule has 2 rings (SSSR count). The third kappa shape index (κ3) is 1.83. The second kappa shape index (κ2) is 3.95. The van der Waals surface area contributed by atoms with Gasteiger partial charge in [-0.2, -0.15) is 0 Å². The quantitative estimate of drug-likeness (QED) is 0.841. The second-order valence-electron chi connectivity index (χ2n) is 3.32. The first-order valence-corrected chi connectivity index (χ1v) is 5.53. The largest absolute Gasteiger partial charge is 0.496 e.